The second-order valence-electron chi connectivity index (χ2n) is 5.65. The van der Waals surface area contributed by atoms with Crippen molar-refractivity contribution in [3.05, 3.63) is 12.2 Å². The van der Waals surface area contributed by atoms with Gasteiger partial charge in [-0.25, -0.2) is 0 Å². The average molecular weight is 196 g/mol. The number of aliphatic hydroxyl groups excluding tert-OH is 1. The van der Waals surface area contributed by atoms with Gasteiger partial charge in [0.25, 0.3) is 0 Å². The molecule has 0 bridgehead atoms. The van der Waals surface area contributed by atoms with Gasteiger partial charge in [0.15, 0.2) is 0 Å². The molecule has 2 fully saturated rings. The summed E-state index contributed by atoms with van der Waals surface area (Å²) in [5.41, 5.74) is 0.759. The van der Waals surface area contributed by atoms with Crippen LogP contribution in [-0.4, -0.2) is 22.9 Å². The van der Waals surface area contributed by atoms with Crippen LogP contribution in [0, 0.1) is 11.3 Å². The fraction of sp³-hybridized carbons (Fsp3) is 0.833. The molecule has 1 aliphatic carbocycles. The van der Waals surface area contributed by atoms with Gasteiger partial charge < -0.3 is 9.84 Å². The van der Waals surface area contributed by atoms with Crippen LogP contribution >= 0.6 is 0 Å². The Morgan fingerprint density at radius 2 is 2.00 bits per heavy atom. The molecule has 1 unspecified atom stereocenters. The van der Waals surface area contributed by atoms with E-state index in [1.54, 1.807) is 0 Å². The summed E-state index contributed by atoms with van der Waals surface area (Å²) < 4.78 is 5.60. The summed E-state index contributed by atoms with van der Waals surface area (Å²) in [5.74, 6) is 0.373. The van der Waals surface area contributed by atoms with E-state index in [0.717, 1.165) is 12.0 Å². The van der Waals surface area contributed by atoms with E-state index in [4.69, 9.17) is 4.74 Å². The highest BCUT2D eigenvalue weighted by Crippen LogP contribution is 2.57. The van der Waals surface area contributed by atoms with Crippen LogP contribution in [-0.2, 0) is 4.74 Å². The number of aliphatic hydroxyl groups is 1. The summed E-state index contributed by atoms with van der Waals surface area (Å²) in [6.07, 6.45) is 0.873. The monoisotopic (exact) mass is 196 g/mol. The lowest BCUT2D eigenvalue weighted by molar-refractivity contribution is -0.0415. The van der Waals surface area contributed by atoms with E-state index in [-0.39, 0.29) is 23.2 Å². The summed E-state index contributed by atoms with van der Waals surface area (Å²) in [4.78, 5) is 0. The van der Waals surface area contributed by atoms with Crippen LogP contribution in [0.1, 0.15) is 34.1 Å². The number of ether oxygens (including phenoxy) is 1. The van der Waals surface area contributed by atoms with Gasteiger partial charge in [-0.1, -0.05) is 26.0 Å². The van der Waals surface area contributed by atoms with E-state index in [9.17, 15) is 5.11 Å². The van der Waals surface area contributed by atoms with E-state index in [2.05, 4.69) is 20.4 Å². The molecule has 0 aromatic carbocycles. The lowest BCUT2D eigenvalue weighted by Crippen LogP contribution is -2.50. The Hall–Kier alpha value is -0.340. The third kappa shape index (κ3) is 1.10. The molecule has 2 rings (SSSR count). The topological polar surface area (TPSA) is 32.8 Å². The van der Waals surface area contributed by atoms with Crippen LogP contribution in [0.25, 0.3) is 0 Å². The number of hydrogen-bond acceptors (Lipinski definition) is 2. The van der Waals surface area contributed by atoms with Crippen molar-refractivity contribution in [2.45, 2.75) is 51.9 Å². The van der Waals surface area contributed by atoms with E-state index >= 15 is 0 Å². The Morgan fingerprint density at radius 1 is 1.43 bits per heavy atom. The first kappa shape index (κ1) is 10.2. The number of hydrogen-bond donors (Lipinski definition) is 1. The van der Waals surface area contributed by atoms with Gasteiger partial charge in [0.05, 0.1) is 12.2 Å². The van der Waals surface area contributed by atoms with Gasteiger partial charge in [0.1, 0.15) is 5.60 Å². The van der Waals surface area contributed by atoms with Crippen LogP contribution in [0.4, 0.5) is 0 Å². The molecule has 14 heavy (non-hydrogen) atoms. The normalized spacial score (nSPS) is 49.6. The molecule has 0 spiro atoms. The molecule has 1 aliphatic heterocycles. The van der Waals surface area contributed by atoms with Gasteiger partial charge in [-0.2, -0.15) is 0 Å². The molecule has 0 amide bonds. The largest absolute Gasteiger partial charge is 0.389 e. The van der Waals surface area contributed by atoms with Crippen molar-refractivity contribution in [1.29, 1.82) is 0 Å². The predicted molar refractivity (Wildman–Crippen MR) is 56.0 cm³/mol. The van der Waals surface area contributed by atoms with E-state index in [0.29, 0.717) is 5.92 Å². The zero-order valence-electron chi connectivity index (χ0n) is 9.50. The molecular formula is C12H20O2. The van der Waals surface area contributed by atoms with Crippen LogP contribution in [0.15, 0.2) is 12.2 Å². The summed E-state index contributed by atoms with van der Waals surface area (Å²) in [6.45, 7) is 12.3. The van der Waals surface area contributed by atoms with Gasteiger partial charge in [-0.15, -0.1) is 0 Å². The lowest BCUT2D eigenvalue weighted by Gasteiger charge is -2.43. The lowest BCUT2D eigenvalue weighted by atomic mass is 9.61. The number of allylic oxidation sites excluding steroid dienone is 1. The maximum absolute atomic E-state index is 10.3. The maximum atomic E-state index is 10.3. The number of rotatable bonds is 1. The molecule has 0 aromatic rings. The molecule has 2 heteroatoms. The van der Waals surface area contributed by atoms with Gasteiger partial charge in [0.2, 0.25) is 0 Å². The standard InChI is InChI=1S/C12H20O2/c1-7(2)8-6-9-12(5,14-9)10(13)11(8,3)4/h8-10,13H,1,6H2,2-5H3/t8-,9+,10?,12+/m0/s1. The third-order valence-electron chi connectivity index (χ3n) is 4.17. The van der Waals surface area contributed by atoms with Gasteiger partial charge in [0, 0.05) is 5.41 Å². The molecule has 1 saturated heterocycles. The molecule has 80 valence electrons. The Balaban J connectivity index is 2.29. The maximum Gasteiger partial charge on any atom is 0.118 e. The second kappa shape index (κ2) is 2.61. The quantitative estimate of drug-likeness (QED) is 0.515. The molecule has 1 saturated carbocycles. The third-order valence-corrected chi connectivity index (χ3v) is 4.17. The zero-order chi connectivity index (χ0) is 10.7. The predicted octanol–water partition coefficient (Wildman–Crippen LogP) is 2.13. The first-order valence-corrected chi connectivity index (χ1v) is 5.31. The van der Waals surface area contributed by atoms with Crippen molar-refractivity contribution < 1.29 is 9.84 Å². The Kier molecular flexibility index (Phi) is 1.90. The highest BCUT2D eigenvalue weighted by Gasteiger charge is 2.66. The van der Waals surface area contributed by atoms with Crippen LogP contribution in [0.5, 0.6) is 0 Å². The highest BCUT2D eigenvalue weighted by atomic mass is 16.6. The van der Waals surface area contributed by atoms with Crippen molar-refractivity contribution >= 4 is 0 Å². The molecular weight excluding hydrogens is 176 g/mol. The zero-order valence-corrected chi connectivity index (χ0v) is 9.50. The van der Waals surface area contributed by atoms with E-state index < -0.39 is 0 Å². The fourth-order valence-electron chi connectivity index (χ4n) is 3.08. The molecule has 2 nitrogen and oxygen atoms in total. The van der Waals surface area contributed by atoms with Gasteiger partial charge in [-0.3, -0.25) is 0 Å². The molecule has 4 atom stereocenters. The summed E-state index contributed by atoms with van der Waals surface area (Å²) >= 11 is 0. The number of fused-ring (bicyclic) bond motifs is 1. The minimum absolute atomic E-state index is 0.117. The Bertz CT molecular complexity index is 282. The molecule has 1 heterocycles. The smallest absolute Gasteiger partial charge is 0.118 e. The van der Waals surface area contributed by atoms with Gasteiger partial charge >= 0.3 is 0 Å². The fourth-order valence-corrected chi connectivity index (χ4v) is 3.08. The molecule has 0 radical (unpaired) electrons. The molecule has 0 aromatic heterocycles. The van der Waals surface area contributed by atoms with Gasteiger partial charge in [-0.05, 0) is 26.2 Å². The highest BCUT2D eigenvalue weighted by molar-refractivity contribution is 5.20. The SMILES string of the molecule is C=C(C)[C@@H]1C[C@H]2O[C@@]2(C)C(O)C1(C)C. The van der Waals surface area contributed by atoms with E-state index in [1.165, 1.54) is 0 Å². The molecule has 2 aliphatic rings. The molecule has 1 N–H and O–H groups in total. The second-order valence-corrected chi connectivity index (χ2v) is 5.65. The summed E-state index contributed by atoms with van der Waals surface area (Å²) in [7, 11) is 0. The average Bonchev–Trinajstić information content (AvgIpc) is 2.71. The summed E-state index contributed by atoms with van der Waals surface area (Å²) in [5, 5.41) is 10.3. The van der Waals surface area contributed by atoms with Crippen LogP contribution in [0.3, 0.4) is 0 Å². The number of epoxide rings is 1. The van der Waals surface area contributed by atoms with Crippen molar-refractivity contribution in [2.75, 3.05) is 0 Å². The van der Waals surface area contributed by atoms with Crippen molar-refractivity contribution in [1.82, 2.24) is 0 Å². The van der Waals surface area contributed by atoms with Crippen LogP contribution in [0.2, 0.25) is 0 Å². The van der Waals surface area contributed by atoms with Crippen molar-refractivity contribution in [3.8, 4) is 0 Å². The van der Waals surface area contributed by atoms with Crippen molar-refractivity contribution in [3.63, 3.8) is 0 Å². The Labute approximate surface area is 86.0 Å². The minimum Gasteiger partial charge on any atom is -0.389 e. The first-order valence-electron chi connectivity index (χ1n) is 5.31. The van der Waals surface area contributed by atoms with Crippen LogP contribution < -0.4 is 0 Å². The van der Waals surface area contributed by atoms with E-state index in [1.807, 2.05) is 13.8 Å². The first-order chi connectivity index (χ1) is 6.30. The Morgan fingerprint density at radius 3 is 2.50 bits per heavy atom. The summed E-state index contributed by atoms with van der Waals surface area (Å²) in [6, 6.07) is 0. The van der Waals surface area contributed by atoms with Crippen molar-refractivity contribution in [2.24, 2.45) is 11.3 Å². The minimum atomic E-state index is -0.379.